The number of aromatic nitrogens is 3. The van der Waals surface area contributed by atoms with Crippen LogP contribution in [0, 0.1) is 6.92 Å². The molecule has 1 heterocycles. The van der Waals surface area contributed by atoms with Gasteiger partial charge in [-0.2, -0.15) is 4.80 Å². The summed E-state index contributed by atoms with van der Waals surface area (Å²) in [5.41, 5.74) is 5.94. The molecule has 192 valence electrons. The number of carbonyl (C=O) groups excluding carboxylic acids is 1. The Morgan fingerprint density at radius 1 is 1.03 bits per heavy atom. The molecule has 0 bridgehead atoms. The van der Waals surface area contributed by atoms with E-state index in [1.54, 1.807) is 29.1 Å². The predicted octanol–water partition coefficient (Wildman–Crippen LogP) is 6.38. The molecule has 7 nitrogen and oxygen atoms in total. The van der Waals surface area contributed by atoms with Gasteiger partial charge >= 0.3 is 0 Å². The second-order valence-electron chi connectivity index (χ2n) is 9.18. The number of aryl methyl sites for hydroxylation is 2. The number of nitrogens with one attached hydrogen (secondary N) is 2. The molecule has 0 fully saturated rings. The number of nitrogens with zero attached hydrogens (tertiary/aromatic N) is 3. The maximum absolute atomic E-state index is 12.7. The Labute approximate surface area is 223 Å². The summed E-state index contributed by atoms with van der Waals surface area (Å²) in [5, 5.41) is 15.4. The van der Waals surface area contributed by atoms with Gasteiger partial charge in [0.1, 0.15) is 16.8 Å². The van der Waals surface area contributed by atoms with Crippen LogP contribution in [0.15, 0.2) is 60.7 Å². The molecule has 0 radical (unpaired) electrons. The maximum atomic E-state index is 12.7. The van der Waals surface area contributed by atoms with Crippen LogP contribution in [0.5, 0.6) is 5.75 Å². The van der Waals surface area contributed by atoms with E-state index in [9.17, 15) is 4.79 Å². The van der Waals surface area contributed by atoms with Crippen molar-refractivity contribution in [2.45, 2.75) is 59.5 Å². The first-order chi connectivity index (χ1) is 17.9. The number of unbranched alkanes of at least 4 members (excludes halogenated alkanes) is 1. The van der Waals surface area contributed by atoms with Crippen molar-refractivity contribution in [3.63, 3.8) is 0 Å². The number of carbonyl (C=O) groups is 1. The van der Waals surface area contributed by atoms with Crippen molar-refractivity contribution in [2.75, 3.05) is 5.32 Å². The van der Waals surface area contributed by atoms with Crippen LogP contribution in [0.1, 0.15) is 61.5 Å². The van der Waals surface area contributed by atoms with Crippen molar-refractivity contribution in [2.24, 2.45) is 0 Å². The molecule has 1 amide bonds. The first-order valence-corrected chi connectivity index (χ1v) is 13.1. The Morgan fingerprint density at radius 3 is 2.35 bits per heavy atom. The molecule has 0 saturated heterocycles. The summed E-state index contributed by atoms with van der Waals surface area (Å²) in [4.78, 5) is 14.3. The fraction of sp³-hybridized carbons (Fsp3) is 0.310. The van der Waals surface area contributed by atoms with Gasteiger partial charge in [-0.3, -0.25) is 10.1 Å². The molecule has 0 aliphatic heterocycles. The van der Waals surface area contributed by atoms with Gasteiger partial charge in [0.05, 0.1) is 11.8 Å². The molecule has 0 unspecified atom stereocenters. The average molecular weight is 516 g/mol. The van der Waals surface area contributed by atoms with Gasteiger partial charge in [0.15, 0.2) is 5.11 Å². The van der Waals surface area contributed by atoms with Gasteiger partial charge < -0.3 is 10.1 Å². The highest BCUT2D eigenvalue weighted by Crippen LogP contribution is 2.23. The van der Waals surface area contributed by atoms with Crippen molar-refractivity contribution in [1.29, 1.82) is 0 Å². The number of hydrogen-bond acceptors (Lipinski definition) is 5. The highest BCUT2D eigenvalue weighted by molar-refractivity contribution is 7.80. The molecular formula is C29H33N5O2S. The summed E-state index contributed by atoms with van der Waals surface area (Å²) in [6.07, 6.45) is 4.47. The summed E-state index contributed by atoms with van der Waals surface area (Å²) in [6.45, 7) is 8.23. The number of ether oxygens (including phenoxy) is 1. The molecule has 0 aliphatic carbocycles. The third-order valence-corrected chi connectivity index (χ3v) is 6.42. The standard InChI is InChI=1S/C29H33N5O2S/c1-5-7-8-21-9-13-23(14-10-21)34-32-26-17-19(3)25(18-27(26)33-34)30-29(37)31-28(35)22-11-15-24(16-12-22)36-20(4)6-2/h9-18,20H,5-8H2,1-4H3,(H2,30,31,35,37)/t20-/m0/s1. The summed E-state index contributed by atoms with van der Waals surface area (Å²) in [6, 6.07) is 19.2. The minimum Gasteiger partial charge on any atom is -0.491 e. The molecule has 4 rings (SSSR count). The molecule has 0 saturated carbocycles. The van der Waals surface area contributed by atoms with Crippen LogP contribution in [-0.4, -0.2) is 32.1 Å². The summed E-state index contributed by atoms with van der Waals surface area (Å²) in [5.74, 6) is 0.440. The number of benzene rings is 3. The molecule has 1 aromatic heterocycles. The Balaban J connectivity index is 1.42. The van der Waals surface area contributed by atoms with Crippen molar-refractivity contribution >= 4 is 40.0 Å². The fourth-order valence-corrected chi connectivity index (χ4v) is 4.03. The SMILES string of the molecule is CCCCc1ccc(-n2nc3cc(C)c(NC(=S)NC(=O)c4ccc(O[C@@H](C)CC)cc4)cc3n2)cc1. The highest BCUT2D eigenvalue weighted by Gasteiger charge is 2.12. The van der Waals surface area contributed by atoms with Gasteiger partial charge in [0.2, 0.25) is 0 Å². The molecule has 4 aromatic rings. The maximum Gasteiger partial charge on any atom is 0.257 e. The Kier molecular flexibility index (Phi) is 8.50. The molecule has 1 atom stereocenters. The monoisotopic (exact) mass is 515 g/mol. The average Bonchev–Trinajstić information content (AvgIpc) is 3.30. The number of rotatable bonds is 9. The third kappa shape index (κ3) is 6.71. The minimum absolute atomic E-state index is 0.120. The third-order valence-electron chi connectivity index (χ3n) is 6.22. The van der Waals surface area contributed by atoms with Crippen LogP contribution < -0.4 is 15.4 Å². The van der Waals surface area contributed by atoms with E-state index in [2.05, 4.69) is 46.8 Å². The zero-order valence-electron chi connectivity index (χ0n) is 21.7. The van der Waals surface area contributed by atoms with E-state index in [0.717, 1.165) is 46.6 Å². The fourth-order valence-electron chi connectivity index (χ4n) is 3.82. The van der Waals surface area contributed by atoms with Crippen LogP contribution in [0.4, 0.5) is 5.69 Å². The van der Waals surface area contributed by atoms with Gasteiger partial charge in [-0.15, -0.1) is 10.2 Å². The summed E-state index contributed by atoms with van der Waals surface area (Å²) >= 11 is 5.41. The van der Waals surface area contributed by atoms with E-state index in [4.69, 9.17) is 17.0 Å². The predicted molar refractivity (Wildman–Crippen MR) is 153 cm³/mol. The first kappa shape index (κ1) is 26.3. The van der Waals surface area contributed by atoms with E-state index in [-0.39, 0.29) is 17.1 Å². The van der Waals surface area contributed by atoms with E-state index in [0.29, 0.717) is 5.56 Å². The highest BCUT2D eigenvalue weighted by atomic mass is 32.1. The molecule has 0 spiro atoms. The zero-order chi connectivity index (χ0) is 26.4. The van der Waals surface area contributed by atoms with Crippen molar-refractivity contribution < 1.29 is 9.53 Å². The van der Waals surface area contributed by atoms with Crippen molar-refractivity contribution in [3.05, 3.63) is 77.4 Å². The molecular weight excluding hydrogens is 482 g/mol. The normalized spacial score (nSPS) is 11.8. The zero-order valence-corrected chi connectivity index (χ0v) is 22.6. The van der Waals surface area contributed by atoms with Crippen LogP contribution in [0.25, 0.3) is 16.7 Å². The second kappa shape index (κ2) is 12.0. The lowest BCUT2D eigenvalue weighted by atomic mass is 10.1. The summed E-state index contributed by atoms with van der Waals surface area (Å²) < 4.78 is 5.77. The number of anilines is 1. The lowest BCUT2D eigenvalue weighted by Crippen LogP contribution is -2.34. The van der Waals surface area contributed by atoms with Gasteiger partial charge in [-0.05, 0) is 105 Å². The number of fused-ring (bicyclic) bond motifs is 1. The van der Waals surface area contributed by atoms with Gasteiger partial charge in [0, 0.05) is 11.3 Å². The lowest BCUT2D eigenvalue weighted by Gasteiger charge is -2.13. The molecule has 3 aromatic carbocycles. The number of amides is 1. The number of thiocarbonyl (C=S) groups is 1. The van der Waals surface area contributed by atoms with Crippen molar-refractivity contribution in [1.82, 2.24) is 20.3 Å². The van der Waals surface area contributed by atoms with Crippen LogP contribution in [-0.2, 0) is 6.42 Å². The topological polar surface area (TPSA) is 81.1 Å². The molecule has 0 aliphatic rings. The van der Waals surface area contributed by atoms with Crippen LogP contribution in [0.3, 0.4) is 0 Å². The smallest absolute Gasteiger partial charge is 0.257 e. The Hall–Kier alpha value is -3.78. The quantitative estimate of drug-likeness (QED) is 0.252. The van der Waals surface area contributed by atoms with E-state index >= 15 is 0 Å². The van der Waals surface area contributed by atoms with Gasteiger partial charge in [-0.25, -0.2) is 0 Å². The molecule has 2 N–H and O–H groups in total. The van der Waals surface area contributed by atoms with Crippen LogP contribution >= 0.6 is 12.2 Å². The minimum atomic E-state index is -0.292. The Bertz CT molecular complexity index is 1380. The van der Waals surface area contributed by atoms with E-state index < -0.39 is 0 Å². The van der Waals surface area contributed by atoms with Crippen LogP contribution in [0.2, 0.25) is 0 Å². The number of hydrogen-bond donors (Lipinski definition) is 2. The lowest BCUT2D eigenvalue weighted by molar-refractivity contribution is 0.0977. The Morgan fingerprint density at radius 2 is 1.70 bits per heavy atom. The molecule has 8 heteroatoms. The van der Waals surface area contributed by atoms with Crippen molar-refractivity contribution in [3.8, 4) is 11.4 Å². The van der Waals surface area contributed by atoms with Gasteiger partial charge in [0.25, 0.3) is 5.91 Å². The second-order valence-corrected chi connectivity index (χ2v) is 9.59. The van der Waals surface area contributed by atoms with E-state index in [1.807, 2.05) is 38.1 Å². The van der Waals surface area contributed by atoms with Gasteiger partial charge in [-0.1, -0.05) is 32.4 Å². The molecule has 37 heavy (non-hydrogen) atoms. The first-order valence-electron chi connectivity index (χ1n) is 12.7. The van der Waals surface area contributed by atoms with E-state index in [1.165, 1.54) is 18.4 Å². The largest absolute Gasteiger partial charge is 0.491 e. The summed E-state index contributed by atoms with van der Waals surface area (Å²) in [7, 11) is 0.